The van der Waals surface area contributed by atoms with Gasteiger partial charge in [-0.2, -0.15) is 0 Å². The molecule has 0 aliphatic carbocycles. The molecule has 0 amide bonds. The lowest BCUT2D eigenvalue weighted by Gasteiger charge is -2.19. The molecule has 1 saturated heterocycles. The van der Waals surface area contributed by atoms with Gasteiger partial charge >= 0.3 is 0 Å². The molecule has 1 aromatic rings. The second-order valence-corrected chi connectivity index (χ2v) is 5.96. The first-order valence-corrected chi connectivity index (χ1v) is 7.60. The Morgan fingerprint density at radius 2 is 2.24 bits per heavy atom. The van der Waals surface area contributed by atoms with Gasteiger partial charge in [0.25, 0.3) is 0 Å². The fourth-order valence-electron chi connectivity index (χ4n) is 2.43. The molecular formula is C14H21IN2. The standard InChI is InChI=1S/C14H21IN2/c1-2-17-9-4-7-13(8-10-17)16-14-6-3-5-12(15)11-14/h3,5-6,11,13,16H,2,4,7-10H2,1H3. The van der Waals surface area contributed by atoms with Crippen molar-refractivity contribution in [2.24, 2.45) is 0 Å². The lowest BCUT2D eigenvalue weighted by molar-refractivity contribution is 0.300. The molecule has 2 nitrogen and oxygen atoms in total. The Hall–Kier alpha value is -0.290. The molecule has 0 saturated carbocycles. The van der Waals surface area contributed by atoms with Gasteiger partial charge in [0.15, 0.2) is 0 Å². The van der Waals surface area contributed by atoms with Crippen molar-refractivity contribution in [3.63, 3.8) is 0 Å². The van der Waals surface area contributed by atoms with Crippen molar-refractivity contribution in [3.05, 3.63) is 27.8 Å². The Balaban J connectivity index is 1.90. The van der Waals surface area contributed by atoms with E-state index in [2.05, 4.69) is 64.0 Å². The van der Waals surface area contributed by atoms with Gasteiger partial charge in [0.2, 0.25) is 0 Å². The average Bonchev–Trinajstić information content (AvgIpc) is 2.54. The second-order valence-electron chi connectivity index (χ2n) is 4.72. The number of hydrogen-bond donors (Lipinski definition) is 1. The summed E-state index contributed by atoms with van der Waals surface area (Å²) in [4.78, 5) is 2.55. The monoisotopic (exact) mass is 344 g/mol. The van der Waals surface area contributed by atoms with Crippen molar-refractivity contribution in [1.29, 1.82) is 0 Å². The van der Waals surface area contributed by atoms with E-state index in [0.717, 1.165) is 0 Å². The van der Waals surface area contributed by atoms with Crippen LogP contribution in [0.1, 0.15) is 26.2 Å². The smallest absolute Gasteiger partial charge is 0.0352 e. The molecule has 3 heteroatoms. The van der Waals surface area contributed by atoms with Crippen LogP contribution in [0, 0.1) is 3.57 Å². The van der Waals surface area contributed by atoms with E-state index in [0.29, 0.717) is 6.04 Å². The molecule has 17 heavy (non-hydrogen) atoms. The average molecular weight is 344 g/mol. The Labute approximate surface area is 118 Å². The lowest BCUT2D eigenvalue weighted by atomic mass is 10.1. The van der Waals surface area contributed by atoms with Crippen LogP contribution in [0.25, 0.3) is 0 Å². The zero-order chi connectivity index (χ0) is 12.1. The van der Waals surface area contributed by atoms with Crippen LogP contribution in [0.3, 0.4) is 0 Å². The van der Waals surface area contributed by atoms with E-state index >= 15 is 0 Å². The third kappa shape index (κ3) is 4.14. The van der Waals surface area contributed by atoms with Crippen molar-refractivity contribution < 1.29 is 0 Å². The highest BCUT2D eigenvalue weighted by molar-refractivity contribution is 14.1. The second kappa shape index (κ2) is 6.59. The molecule has 1 fully saturated rings. The molecule has 94 valence electrons. The van der Waals surface area contributed by atoms with E-state index < -0.39 is 0 Å². The summed E-state index contributed by atoms with van der Waals surface area (Å²) in [5.41, 5.74) is 1.27. The van der Waals surface area contributed by atoms with Crippen molar-refractivity contribution in [2.75, 3.05) is 25.0 Å². The van der Waals surface area contributed by atoms with Crippen LogP contribution in [-0.4, -0.2) is 30.6 Å². The zero-order valence-electron chi connectivity index (χ0n) is 10.5. The molecule has 1 N–H and O–H groups in total. The van der Waals surface area contributed by atoms with E-state index in [1.807, 2.05) is 0 Å². The van der Waals surface area contributed by atoms with E-state index in [9.17, 15) is 0 Å². The predicted octanol–water partition coefficient (Wildman–Crippen LogP) is 3.58. The zero-order valence-corrected chi connectivity index (χ0v) is 12.6. The van der Waals surface area contributed by atoms with E-state index in [1.165, 1.54) is 48.2 Å². The third-order valence-electron chi connectivity index (χ3n) is 3.46. The van der Waals surface area contributed by atoms with Crippen molar-refractivity contribution >= 4 is 28.3 Å². The summed E-state index contributed by atoms with van der Waals surface area (Å²) in [5.74, 6) is 0. The van der Waals surface area contributed by atoms with Crippen LogP contribution in [0.5, 0.6) is 0 Å². The van der Waals surface area contributed by atoms with Gasteiger partial charge < -0.3 is 10.2 Å². The van der Waals surface area contributed by atoms with Gasteiger partial charge in [-0.05, 0) is 73.1 Å². The number of anilines is 1. The summed E-state index contributed by atoms with van der Waals surface area (Å²) >= 11 is 2.37. The molecular weight excluding hydrogens is 323 g/mol. The molecule has 0 radical (unpaired) electrons. The van der Waals surface area contributed by atoms with Crippen LogP contribution in [0.4, 0.5) is 5.69 Å². The molecule has 2 rings (SSSR count). The molecule has 1 aliphatic rings. The summed E-state index contributed by atoms with van der Waals surface area (Å²) < 4.78 is 1.30. The molecule has 0 spiro atoms. The molecule has 1 aliphatic heterocycles. The number of rotatable bonds is 3. The van der Waals surface area contributed by atoms with Gasteiger partial charge in [0, 0.05) is 21.8 Å². The summed E-state index contributed by atoms with van der Waals surface area (Å²) in [6.45, 7) is 5.95. The summed E-state index contributed by atoms with van der Waals surface area (Å²) in [6.07, 6.45) is 3.87. The SMILES string of the molecule is CCN1CCCC(Nc2cccc(I)c2)CC1. The first kappa shape index (κ1) is 13.1. The Bertz CT molecular complexity index is 354. The fraction of sp³-hybridized carbons (Fsp3) is 0.571. The normalized spacial score (nSPS) is 22.1. The minimum absolute atomic E-state index is 0.643. The Morgan fingerprint density at radius 1 is 1.35 bits per heavy atom. The molecule has 1 aromatic carbocycles. The maximum atomic E-state index is 3.67. The minimum Gasteiger partial charge on any atom is -0.382 e. The molecule has 1 atom stereocenters. The van der Waals surface area contributed by atoms with Crippen LogP contribution in [-0.2, 0) is 0 Å². The van der Waals surface area contributed by atoms with E-state index in [4.69, 9.17) is 0 Å². The number of hydrogen-bond acceptors (Lipinski definition) is 2. The van der Waals surface area contributed by atoms with Gasteiger partial charge in [-0.25, -0.2) is 0 Å². The number of halogens is 1. The summed E-state index contributed by atoms with van der Waals surface area (Å²) in [5, 5.41) is 3.67. The van der Waals surface area contributed by atoms with Crippen molar-refractivity contribution in [3.8, 4) is 0 Å². The minimum atomic E-state index is 0.643. The number of nitrogens with zero attached hydrogens (tertiary/aromatic N) is 1. The molecule has 0 bridgehead atoms. The molecule has 1 heterocycles. The number of benzene rings is 1. The van der Waals surface area contributed by atoms with Gasteiger partial charge in [-0.3, -0.25) is 0 Å². The first-order valence-electron chi connectivity index (χ1n) is 6.52. The predicted molar refractivity (Wildman–Crippen MR) is 82.5 cm³/mol. The Morgan fingerprint density at radius 3 is 3.00 bits per heavy atom. The van der Waals surface area contributed by atoms with Gasteiger partial charge in [0.05, 0.1) is 0 Å². The van der Waals surface area contributed by atoms with Gasteiger partial charge in [-0.1, -0.05) is 13.0 Å². The first-order chi connectivity index (χ1) is 8.28. The highest BCUT2D eigenvalue weighted by Gasteiger charge is 2.15. The molecule has 1 unspecified atom stereocenters. The number of likely N-dealkylation sites (tertiary alicyclic amines) is 1. The number of nitrogens with one attached hydrogen (secondary N) is 1. The quantitative estimate of drug-likeness (QED) is 0.844. The van der Waals surface area contributed by atoms with Crippen LogP contribution in [0.15, 0.2) is 24.3 Å². The topological polar surface area (TPSA) is 15.3 Å². The maximum absolute atomic E-state index is 3.67. The van der Waals surface area contributed by atoms with Crippen LogP contribution < -0.4 is 5.32 Å². The third-order valence-corrected chi connectivity index (χ3v) is 4.13. The van der Waals surface area contributed by atoms with Gasteiger partial charge in [0.1, 0.15) is 0 Å². The summed E-state index contributed by atoms with van der Waals surface area (Å²) in [6, 6.07) is 9.30. The fourth-order valence-corrected chi connectivity index (χ4v) is 2.97. The Kier molecular flexibility index (Phi) is 5.10. The highest BCUT2D eigenvalue weighted by Crippen LogP contribution is 2.18. The van der Waals surface area contributed by atoms with Crippen molar-refractivity contribution in [1.82, 2.24) is 4.90 Å². The van der Waals surface area contributed by atoms with Crippen molar-refractivity contribution in [2.45, 2.75) is 32.2 Å². The van der Waals surface area contributed by atoms with Crippen LogP contribution >= 0.6 is 22.6 Å². The molecule has 0 aromatic heterocycles. The highest BCUT2D eigenvalue weighted by atomic mass is 127. The van der Waals surface area contributed by atoms with Gasteiger partial charge in [-0.15, -0.1) is 0 Å². The van der Waals surface area contributed by atoms with E-state index in [-0.39, 0.29) is 0 Å². The summed E-state index contributed by atoms with van der Waals surface area (Å²) in [7, 11) is 0. The lowest BCUT2D eigenvalue weighted by Crippen LogP contribution is -2.26. The largest absolute Gasteiger partial charge is 0.382 e. The van der Waals surface area contributed by atoms with E-state index in [1.54, 1.807) is 0 Å². The maximum Gasteiger partial charge on any atom is 0.0352 e. The van der Waals surface area contributed by atoms with Crippen LogP contribution in [0.2, 0.25) is 0 Å².